The van der Waals surface area contributed by atoms with Gasteiger partial charge in [0.15, 0.2) is 5.78 Å². The highest BCUT2D eigenvalue weighted by molar-refractivity contribution is 5.93. The van der Waals surface area contributed by atoms with E-state index in [-0.39, 0.29) is 29.4 Å². The fourth-order valence-electron chi connectivity index (χ4n) is 2.96. The van der Waals surface area contributed by atoms with Crippen LogP contribution in [0.5, 0.6) is 0 Å². The number of nitrogens with two attached hydrogens (primary N) is 1. The Balaban J connectivity index is 4.88. The van der Waals surface area contributed by atoms with Gasteiger partial charge in [0.05, 0.1) is 6.04 Å². The first-order valence-corrected chi connectivity index (χ1v) is 10.8. The van der Waals surface area contributed by atoms with Gasteiger partial charge in [-0.25, -0.2) is 4.79 Å². The number of rotatable bonds is 15. The summed E-state index contributed by atoms with van der Waals surface area (Å²) in [6, 6.07) is -1.98. The second-order valence-corrected chi connectivity index (χ2v) is 8.15. The Labute approximate surface area is 175 Å². The Morgan fingerprint density at radius 2 is 1.55 bits per heavy atom. The molecule has 0 aliphatic heterocycles. The lowest BCUT2D eigenvalue weighted by Gasteiger charge is -2.26. The van der Waals surface area contributed by atoms with E-state index in [2.05, 4.69) is 22.9 Å². The molecule has 0 aliphatic carbocycles. The highest BCUT2D eigenvalue weighted by Gasteiger charge is 2.29. The third kappa shape index (κ3) is 12.1. The van der Waals surface area contributed by atoms with Gasteiger partial charge in [-0.3, -0.25) is 14.4 Å². The molecule has 2 atom stereocenters. The summed E-state index contributed by atoms with van der Waals surface area (Å²) in [6.07, 6.45) is 5.26. The lowest BCUT2D eigenvalue weighted by atomic mass is 9.96. The maximum atomic E-state index is 12.8. The molecule has 0 rings (SSSR count). The normalized spacial score (nSPS) is 13.1. The van der Waals surface area contributed by atoms with E-state index in [1.54, 1.807) is 13.8 Å². The third-order valence-corrected chi connectivity index (χ3v) is 4.72. The molecular weight excluding hydrogens is 372 g/mol. The predicted octanol–water partition coefficient (Wildman–Crippen LogP) is 2.26. The zero-order valence-electron chi connectivity index (χ0n) is 18.7. The first kappa shape index (κ1) is 26.9. The monoisotopic (exact) mass is 412 g/mol. The van der Waals surface area contributed by atoms with Crippen LogP contribution in [0.15, 0.2) is 0 Å². The summed E-state index contributed by atoms with van der Waals surface area (Å²) >= 11 is 0. The molecule has 0 fully saturated rings. The number of Topliss-reactive ketones (excluding diaryl/α,β-unsaturated/α-hetero) is 1. The maximum Gasteiger partial charge on any atom is 0.312 e. The number of hydrogen-bond donors (Lipinski definition) is 4. The Bertz CT molecular complexity index is 535. The van der Waals surface area contributed by atoms with Gasteiger partial charge in [0.2, 0.25) is 11.8 Å². The first-order chi connectivity index (χ1) is 13.6. The number of amides is 4. The minimum absolute atomic E-state index is 0.0779. The number of urea groups is 1. The lowest BCUT2D eigenvalue weighted by molar-refractivity contribution is -0.133. The third-order valence-electron chi connectivity index (χ3n) is 4.72. The zero-order valence-corrected chi connectivity index (χ0v) is 18.7. The van der Waals surface area contributed by atoms with Crippen LogP contribution in [0.1, 0.15) is 79.6 Å². The highest BCUT2D eigenvalue weighted by Crippen LogP contribution is 2.10. The minimum Gasteiger partial charge on any atom is -0.352 e. The van der Waals surface area contributed by atoms with Crippen molar-refractivity contribution in [1.29, 1.82) is 0 Å². The van der Waals surface area contributed by atoms with Crippen LogP contribution in [-0.2, 0) is 14.4 Å². The van der Waals surface area contributed by atoms with E-state index in [0.717, 1.165) is 25.7 Å². The van der Waals surface area contributed by atoms with Crippen LogP contribution in [-0.4, -0.2) is 42.3 Å². The van der Waals surface area contributed by atoms with Gasteiger partial charge in [0.1, 0.15) is 6.04 Å². The molecule has 5 N–H and O–H groups in total. The molecule has 0 heterocycles. The Kier molecular flexibility index (Phi) is 13.7. The fraction of sp³-hybridized carbons (Fsp3) is 0.810. The summed E-state index contributed by atoms with van der Waals surface area (Å²) in [5.41, 5.74) is 5.04. The number of ketones is 1. The van der Waals surface area contributed by atoms with Gasteiger partial charge in [-0.15, -0.1) is 0 Å². The molecule has 0 aliphatic rings. The molecule has 8 nitrogen and oxygen atoms in total. The summed E-state index contributed by atoms with van der Waals surface area (Å²) in [5.74, 6) is -0.932. The molecular formula is C21H40N4O4. The van der Waals surface area contributed by atoms with Crippen molar-refractivity contribution in [2.75, 3.05) is 6.54 Å². The van der Waals surface area contributed by atoms with Gasteiger partial charge in [-0.05, 0) is 25.2 Å². The van der Waals surface area contributed by atoms with Crippen LogP contribution in [0.4, 0.5) is 4.79 Å². The number of hydrogen-bond acceptors (Lipinski definition) is 4. The van der Waals surface area contributed by atoms with Crippen LogP contribution in [0.25, 0.3) is 0 Å². The summed E-state index contributed by atoms with van der Waals surface area (Å²) in [5, 5.41) is 8.09. The molecule has 0 spiro atoms. The molecule has 0 unspecified atom stereocenters. The number of nitrogens with one attached hydrogen (secondary N) is 3. The van der Waals surface area contributed by atoms with Crippen molar-refractivity contribution in [2.24, 2.45) is 17.6 Å². The second kappa shape index (κ2) is 14.8. The van der Waals surface area contributed by atoms with Crippen LogP contribution in [0, 0.1) is 11.8 Å². The van der Waals surface area contributed by atoms with Crippen molar-refractivity contribution >= 4 is 23.6 Å². The highest BCUT2D eigenvalue weighted by atomic mass is 16.2. The van der Waals surface area contributed by atoms with E-state index in [9.17, 15) is 19.2 Å². The topological polar surface area (TPSA) is 130 Å². The molecule has 4 amide bonds. The average Bonchev–Trinajstić information content (AvgIpc) is 2.64. The van der Waals surface area contributed by atoms with E-state index < -0.39 is 18.1 Å². The average molecular weight is 413 g/mol. The molecule has 0 aromatic carbocycles. The zero-order chi connectivity index (χ0) is 22.4. The van der Waals surface area contributed by atoms with E-state index >= 15 is 0 Å². The number of carbonyl (C=O) groups is 4. The summed E-state index contributed by atoms with van der Waals surface area (Å²) in [4.78, 5) is 48.3. The number of carbonyl (C=O) groups excluding carboxylic acids is 4. The molecule has 168 valence electrons. The Morgan fingerprint density at radius 1 is 0.897 bits per heavy atom. The molecule has 0 aromatic rings. The summed E-state index contributed by atoms with van der Waals surface area (Å²) < 4.78 is 0. The van der Waals surface area contributed by atoms with Crippen molar-refractivity contribution < 1.29 is 19.2 Å². The van der Waals surface area contributed by atoms with Gasteiger partial charge in [0.25, 0.3) is 0 Å². The van der Waals surface area contributed by atoms with Crippen LogP contribution in [0.3, 0.4) is 0 Å². The number of primary amides is 1. The van der Waals surface area contributed by atoms with E-state index in [0.29, 0.717) is 25.8 Å². The minimum atomic E-state index is -0.695. The molecule has 0 bridgehead atoms. The molecule has 0 aromatic heterocycles. The Morgan fingerprint density at radius 3 is 2.07 bits per heavy atom. The number of unbranched alkanes of at least 4 members (excludes halogenated alkanes) is 3. The largest absolute Gasteiger partial charge is 0.352 e. The van der Waals surface area contributed by atoms with Crippen molar-refractivity contribution in [3.05, 3.63) is 0 Å². The van der Waals surface area contributed by atoms with Crippen molar-refractivity contribution in [3.8, 4) is 0 Å². The van der Waals surface area contributed by atoms with Crippen LogP contribution in [0.2, 0.25) is 0 Å². The van der Waals surface area contributed by atoms with Gasteiger partial charge >= 0.3 is 6.03 Å². The van der Waals surface area contributed by atoms with Gasteiger partial charge in [-0.2, -0.15) is 0 Å². The van der Waals surface area contributed by atoms with Crippen LogP contribution < -0.4 is 21.7 Å². The summed E-state index contributed by atoms with van der Waals surface area (Å²) in [6.45, 7) is 9.71. The van der Waals surface area contributed by atoms with E-state index in [4.69, 9.17) is 5.73 Å². The molecule has 0 saturated heterocycles. The smallest absolute Gasteiger partial charge is 0.312 e. The Hall–Kier alpha value is -2.12. The lowest BCUT2D eigenvalue weighted by Crippen LogP contribution is -2.54. The molecule has 0 radical (unpaired) electrons. The van der Waals surface area contributed by atoms with Crippen molar-refractivity contribution in [2.45, 2.75) is 91.6 Å². The van der Waals surface area contributed by atoms with Gasteiger partial charge in [-0.1, -0.05) is 53.9 Å². The quantitative estimate of drug-likeness (QED) is 0.307. The molecule has 8 heteroatoms. The van der Waals surface area contributed by atoms with E-state index in [1.165, 1.54) is 0 Å². The molecule has 0 saturated carbocycles. The van der Waals surface area contributed by atoms with Crippen molar-refractivity contribution in [3.63, 3.8) is 0 Å². The SMILES string of the molecule is CCCCCCC(=O)N[C@H](C(=O)N[C@@H](CCCNC(N)=O)C(=O)C(C)C)C(C)C. The summed E-state index contributed by atoms with van der Waals surface area (Å²) in [7, 11) is 0. The first-order valence-electron chi connectivity index (χ1n) is 10.8. The molecule has 29 heavy (non-hydrogen) atoms. The maximum absolute atomic E-state index is 12.8. The fourth-order valence-corrected chi connectivity index (χ4v) is 2.96. The second-order valence-electron chi connectivity index (χ2n) is 8.15. The van der Waals surface area contributed by atoms with Gasteiger partial charge in [0, 0.05) is 18.9 Å². The predicted molar refractivity (Wildman–Crippen MR) is 114 cm³/mol. The standard InChI is InChI=1S/C21H40N4O4/c1-6-7-8-9-12-17(26)25-18(14(2)3)20(28)24-16(19(27)15(4)5)11-10-13-23-21(22)29/h14-16,18H,6-13H2,1-5H3,(H,24,28)(H,25,26)(H3,22,23,29)/t16-,18-/m0/s1. The van der Waals surface area contributed by atoms with Crippen molar-refractivity contribution in [1.82, 2.24) is 16.0 Å². The van der Waals surface area contributed by atoms with Crippen LogP contribution >= 0.6 is 0 Å². The van der Waals surface area contributed by atoms with E-state index in [1.807, 2.05) is 13.8 Å². The van der Waals surface area contributed by atoms with Gasteiger partial charge < -0.3 is 21.7 Å².